The van der Waals surface area contributed by atoms with E-state index >= 15 is 0 Å². The van der Waals surface area contributed by atoms with Crippen molar-refractivity contribution in [2.24, 2.45) is 0 Å². The minimum absolute atomic E-state index is 1.08. The third kappa shape index (κ3) is 1.67. The molecule has 0 bridgehead atoms. The van der Waals surface area contributed by atoms with Gasteiger partial charge in [-0.05, 0) is 29.0 Å². The molecule has 0 radical (unpaired) electrons. The monoisotopic (exact) mass is 236 g/mol. The van der Waals surface area contributed by atoms with Crippen molar-refractivity contribution in [3.63, 3.8) is 0 Å². The molecule has 1 rings (SSSR count). The van der Waals surface area contributed by atoms with Gasteiger partial charge in [0.1, 0.15) is 0 Å². The van der Waals surface area contributed by atoms with Crippen LogP contribution in [0.4, 0.5) is 0 Å². The maximum atomic E-state index is 4.08. The van der Waals surface area contributed by atoms with Crippen molar-refractivity contribution < 1.29 is 0 Å². The molecule has 9 heavy (non-hydrogen) atoms. The van der Waals surface area contributed by atoms with Crippen molar-refractivity contribution >= 4 is 22.6 Å². The second kappa shape index (κ2) is 3.20. The highest BCUT2D eigenvalue weighted by molar-refractivity contribution is 14.1. The molecule has 0 fully saturated rings. The van der Waals surface area contributed by atoms with Gasteiger partial charge in [0, 0.05) is 18.9 Å². The number of aryl methyl sites for hydroxylation is 1. The van der Waals surface area contributed by atoms with Crippen LogP contribution >= 0.6 is 22.6 Å². The first-order valence-corrected chi connectivity index (χ1v) is 4.09. The molecule has 0 N–H and O–H groups in total. The van der Waals surface area contributed by atoms with Gasteiger partial charge < -0.3 is 4.57 Å². The summed E-state index contributed by atoms with van der Waals surface area (Å²) in [6.07, 6.45) is 5.01. The van der Waals surface area contributed by atoms with Crippen LogP contribution in [0.1, 0.15) is 13.3 Å². The van der Waals surface area contributed by atoms with Crippen molar-refractivity contribution in [1.29, 1.82) is 0 Å². The summed E-state index contributed by atoms with van der Waals surface area (Å²) in [6, 6.07) is 0. The second-order valence-corrected chi connectivity index (χ2v) is 2.85. The third-order valence-electron chi connectivity index (χ3n) is 1.13. The first kappa shape index (κ1) is 7.05. The van der Waals surface area contributed by atoms with Crippen molar-refractivity contribution in [3.05, 3.63) is 16.2 Å². The maximum Gasteiger partial charge on any atom is 0.171 e. The van der Waals surface area contributed by atoms with Crippen LogP contribution in [-0.2, 0) is 6.54 Å². The Morgan fingerprint density at radius 3 is 3.00 bits per heavy atom. The van der Waals surface area contributed by atoms with Crippen molar-refractivity contribution in [3.8, 4) is 0 Å². The van der Waals surface area contributed by atoms with Gasteiger partial charge in [0.15, 0.2) is 3.83 Å². The van der Waals surface area contributed by atoms with E-state index in [1.54, 1.807) is 0 Å². The first-order chi connectivity index (χ1) is 4.34. The van der Waals surface area contributed by atoms with Gasteiger partial charge in [-0.15, -0.1) is 0 Å². The Morgan fingerprint density at radius 2 is 2.56 bits per heavy atom. The summed E-state index contributed by atoms with van der Waals surface area (Å²) in [6.45, 7) is 3.24. The average Bonchev–Trinajstić information content (AvgIpc) is 2.18. The molecule has 1 aromatic rings. The molecule has 0 aliphatic carbocycles. The summed E-state index contributed by atoms with van der Waals surface area (Å²) in [5.41, 5.74) is 0. The van der Waals surface area contributed by atoms with E-state index in [0.29, 0.717) is 0 Å². The molecule has 0 saturated heterocycles. The molecular formula is C6H9IN2. The van der Waals surface area contributed by atoms with Crippen LogP contribution in [0.2, 0.25) is 0 Å². The molecule has 0 spiro atoms. The highest BCUT2D eigenvalue weighted by atomic mass is 127. The van der Waals surface area contributed by atoms with E-state index in [0.717, 1.165) is 10.4 Å². The zero-order valence-electron chi connectivity index (χ0n) is 5.34. The molecule has 0 amide bonds. The Morgan fingerprint density at radius 1 is 1.78 bits per heavy atom. The molecule has 0 atom stereocenters. The van der Waals surface area contributed by atoms with Crippen LogP contribution in [0, 0.1) is 3.83 Å². The minimum atomic E-state index is 1.08. The van der Waals surface area contributed by atoms with Gasteiger partial charge >= 0.3 is 0 Å². The van der Waals surface area contributed by atoms with E-state index in [2.05, 4.69) is 39.1 Å². The summed E-state index contributed by atoms with van der Waals surface area (Å²) in [5.74, 6) is 0. The van der Waals surface area contributed by atoms with Gasteiger partial charge in [-0.1, -0.05) is 6.92 Å². The summed E-state index contributed by atoms with van der Waals surface area (Å²) in [4.78, 5) is 4.08. The normalized spacial score (nSPS) is 10.0. The molecule has 0 saturated carbocycles. The molecule has 50 valence electrons. The van der Waals surface area contributed by atoms with Gasteiger partial charge in [-0.25, -0.2) is 4.98 Å². The molecule has 0 aromatic carbocycles. The standard InChI is InChI=1S/C6H9IN2/c1-2-4-9-5-3-8-6(9)7/h3,5H,2,4H2,1H3. The van der Waals surface area contributed by atoms with Crippen LogP contribution in [0.25, 0.3) is 0 Å². The molecule has 3 heteroatoms. The average molecular weight is 236 g/mol. The lowest BCUT2D eigenvalue weighted by molar-refractivity contribution is 0.662. The molecule has 0 aliphatic rings. The highest BCUT2D eigenvalue weighted by Gasteiger charge is 1.93. The zero-order chi connectivity index (χ0) is 6.69. The fourth-order valence-corrected chi connectivity index (χ4v) is 1.28. The second-order valence-electron chi connectivity index (χ2n) is 1.89. The van der Waals surface area contributed by atoms with E-state index in [1.807, 2.05) is 12.4 Å². The van der Waals surface area contributed by atoms with Crippen LogP contribution in [0.3, 0.4) is 0 Å². The molecular weight excluding hydrogens is 227 g/mol. The van der Waals surface area contributed by atoms with Crippen LogP contribution < -0.4 is 0 Å². The summed E-state index contributed by atoms with van der Waals surface area (Å²) < 4.78 is 3.22. The van der Waals surface area contributed by atoms with Gasteiger partial charge in [0.25, 0.3) is 0 Å². The molecule has 0 aliphatic heterocycles. The van der Waals surface area contributed by atoms with Crippen LogP contribution in [0.15, 0.2) is 12.4 Å². The smallest absolute Gasteiger partial charge is 0.171 e. The summed E-state index contributed by atoms with van der Waals surface area (Å²) in [5, 5.41) is 0. The first-order valence-electron chi connectivity index (χ1n) is 3.01. The van der Waals surface area contributed by atoms with Crippen molar-refractivity contribution in [2.45, 2.75) is 19.9 Å². The van der Waals surface area contributed by atoms with E-state index in [9.17, 15) is 0 Å². The van der Waals surface area contributed by atoms with E-state index in [4.69, 9.17) is 0 Å². The summed E-state index contributed by atoms with van der Waals surface area (Å²) in [7, 11) is 0. The van der Waals surface area contributed by atoms with E-state index in [-0.39, 0.29) is 0 Å². The summed E-state index contributed by atoms with van der Waals surface area (Å²) >= 11 is 2.23. The molecule has 2 nitrogen and oxygen atoms in total. The maximum absolute atomic E-state index is 4.08. The van der Waals surface area contributed by atoms with Crippen LogP contribution in [-0.4, -0.2) is 9.55 Å². The quantitative estimate of drug-likeness (QED) is 0.717. The predicted octanol–water partition coefficient (Wildman–Crippen LogP) is 1.90. The minimum Gasteiger partial charge on any atom is -0.326 e. The third-order valence-corrected chi connectivity index (χ3v) is 2.03. The van der Waals surface area contributed by atoms with E-state index < -0.39 is 0 Å². The molecule has 0 unspecified atom stereocenters. The highest BCUT2D eigenvalue weighted by Crippen LogP contribution is 2.01. The Hall–Kier alpha value is -0.0600. The topological polar surface area (TPSA) is 17.8 Å². The van der Waals surface area contributed by atoms with Crippen molar-refractivity contribution in [2.75, 3.05) is 0 Å². The predicted molar refractivity (Wildman–Crippen MR) is 45.2 cm³/mol. The van der Waals surface area contributed by atoms with E-state index in [1.165, 1.54) is 6.42 Å². The van der Waals surface area contributed by atoms with Crippen LogP contribution in [0.5, 0.6) is 0 Å². The van der Waals surface area contributed by atoms with Gasteiger partial charge in [-0.2, -0.15) is 0 Å². The lowest BCUT2D eigenvalue weighted by Crippen LogP contribution is -1.96. The number of hydrogen-bond acceptors (Lipinski definition) is 1. The number of rotatable bonds is 2. The van der Waals surface area contributed by atoms with Gasteiger partial charge in [0.2, 0.25) is 0 Å². The fourth-order valence-electron chi connectivity index (χ4n) is 0.719. The number of imidazole rings is 1. The fraction of sp³-hybridized carbons (Fsp3) is 0.500. The largest absolute Gasteiger partial charge is 0.326 e. The number of nitrogens with zero attached hydrogens (tertiary/aromatic N) is 2. The Balaban J connectivity index is 2.69. The Labute approximate surface area is 68.4 Å². The molecule has 1 heterocycles. The van der Waals surface area contributed by atoms with Gasteiger partial charge in [-0.3, -0.25) is 0 Å². The lowest BCUT2D eigenvalue weighted by Gasteiger charge is -1.97. The Kier molecular flexibility index (Phi) is 2.50. The van der Waals surface area contributed by atoms with Gasteiger partial charge in [0.05, 0.1) is 0 Å². The number of aromatic nitrogens is 2. The lowest BCUT2D eigenvalue weighted by atomic mass is 10.5. The van der Waals surface area contributed by atoms with Crippen molar-refractivity contribution in [1.82, 2.24) is 9.55 Å². The molecule has 1 aromatic heterocycles. The SMILES string of the molecule is CCCn1ccnc1I. The number of hydrogen-bond donors (Lipinski definition) is 0. The zero-order valence-corrected chi connectivity index (χ0v) is 7.50. The Bertz CT molecular complexity index is 183. The number of halogens is 1.